The first-order chi connectivity index (χ1) is 20.8. The Morgan fingerprint density at radius 3 is 1.32 bits per heavy atom. The Bertz CT molecular complexity index is 1980. The molecule has 2 atom stereocenters. The van der Waals surface area contributed by atoms with Crippen molar-refractivity contribution in [3.05, 3.63) is 95.1 Å². The average molecular weight is 625 g/mol. The van der Waals surface area contributed by atoms with E-state index in [0.717, 1.165) is 44.4 Å². The van der Waals surface area contributed by atoms with Gasteiger partial charge in [0.1, 0.15) is 0 Å². The number of sulfone groups is 2. The van der Waals surface area contributed by atoms with Crippen LogP contribution in [0.3, 0.4) is 0 Å². The number of nitrogens with zero attached hydrogens (tertiary/aromatic N) is 4. The second-order valence-corrected chi connectivity index (χ2v) is 16.7. The van der Waals surface area contributed by atoms with Gasteiger partial charge in [-0.3, -0.25) is 0 Å². The summed E-state index contributed by atoms with van der Waals surface area (Å²) < 4.78 is 52.4. The van der Waals surface area contributed by atoms with Crippen molar-refractivity contribution in [2.24, 2.45) is 0 Å². The molecule has 0 saturated heterocycles. The number of fused-ring (bicyclic) bond motifs is 5. The molecule has 2 unspecified atom stereocenters. The Morgan fingerprint density at radius 2 is 0.977 bits per heavy atom. The second kappa shape index (κ2) is 10.1. The normalized spacial score (nSPS) is 21.7. The van der Waals surface area contributed by atoms with E-state index in [-0.39, 0.29) is 35.7 Å². The molecule has 224 valence electrons. The van der Waals surface area contributed by atoms with E-state index in [2.05, 4.69) is 12.1 Å². The van der Waals surface area contributed by atoms with Crippen molar-refractivity contribution in [3.63, 3.8) is 0 Å². The lowest BCUT2D eigenvalue weighted by Gasteiger charge is -2.42. The second-order valence-electron chi connectivity index (χ2n) is 12.2. The molecule has 44 heavy (non-hydrogen) atoms. The lowest BCUT2D eigenvalue weighted by molar-refractivity contribution is 0.542. The Morgan fingerprint density at radius 1 is 0.614 bits per heavy atom. The predicted molar refractivity (Wildman–Crippen MR) is 171 cm³/mol. The topological polar surface area (TPSA) is 122 Å². The molecule has 4 aromatic carbocycles. The van der Waals surface area contributed by atoms with Gasteiger partial charge < -0.3 is 9.80 Å². The van der Waals surface area contributed by atoms with Crippen LogP contribution in [-0.4, -0.2) is 53.5 Å². The van der Waals surface area contributed by atoms with Crippen molar-refractivity contribution in [1.29, 1.82) is 10.5 Å². The molecule has 0 radical (unpaired) electrons. The highest BCUT2D eigenvalue weighted by Crippen LogP contribution is 2.48. The molecule has 0 spiro atoms. The smallest absolute Gasteiger partial charge is 0.199 e. The fourth-order valence-electron chi connectivity index (χ4n) is 6.79. The fraction of sp³-hybridized carbons (Fsp3) is 0.294. The third-order valence-electron chi connectivity index (χ3n) is 9.10. The molecular weight excluding hydrogens is 593 g/mol. The van der Waals surface area contributed by atoms with Crippen LogP contribution in [0.25, 0.3) is 10.8 Å². The SMILES string of the molecule is Cc1ccc(S(=O)(=O)C2(C#N)Cc3ccc4ccc5c(c4c3N(C)C2)N(C)CC(C#N)(S(=O)(=O)c2ccc(C)cc2)C5)cc1. The molecule has 0 fully saturated rings. The van der Waals surface area contributed by atoms with Gasteiger partial charge >= 0.3 is 0 Å². The molecule has 6 rings (SSSR count). The summed E-state index contributed by atoms with van der Waals surface area (Å²) in [6, 6.07) is 25.1. The Kier molecular flexibility index (Phi) is 6.80. The van der Waals surface area contributed by atoms with Crippen molar-refractivity contribution in [2.45, 2.75) is 46.0 Å². The summed E-state index contributed by atoms with van der Waals surface area (Å²) >= 11 is 0. The average Bonchev–Trinajstić information content (AvgIpc) is 3.00. The highest BCUT2D eigenvalue weighted by atomic mass is 32.2. The molecule has 0 bridgehead atoms. The quantitative estimate of drug-likeness (QED) is 0.314. The number of rotatable bonds is 4. The maximum Gasteiger partial charge on any atom is 0.199 e. The third-order valence-corrected chi connectivity index (χ3v) is 13.7. The molecule has 0 amide bonds. The number of hydrogen-bond donors (Lipinski definition) is 0. The van der Waals surface area contributed by atoms with Crippen LogP contribution in [-0.2, 0) is 32.5 Å². The number of anilines is 2. The molecule has 4 aromatic rings. The van der Waals surface area contributed by atoms with Crippen LogP contribution >= 0.6 is 0 Å². The zero-order valence-electron chi connectivity index (χ0n) is 25.0. The van der Waals surface area contributed by atoms with Gasteiger partial charge in [0.2, 0.25) is 0 Å². The zero-order chi connectivity index (χ0) is 31.7. The summed E-state index contributed by atoms with van der Waals surface area (Å²) in [6.07, 6.45) is 0.0132. The van der Waals surface area contributed by atoms with Crippen LogP contribution in [0.15, 0.2) is 82.6 Å². The lowest BCUT2D eigenvalue weighted by atomic mass is 9.85. The summed E-state index contributed by atoms with van der Waals surface area (Å²) in [4.78, 5) is 3.89. The van der Waals surface area contributed by atoms with Gasteiger partial charge in [0.05, 0.1) is 35.0 Å². The van der Waals surface area contributed by atoms with Gasteiger partial charge in [-0.25, -0.2) is 16.8 Å². The highest BCUT2D eigenvalue weighted by molar-refractivity contribution is 7.93. The highest BCUT2D eigenvalue weighted by Gasteiger charge is 2.52. The fourth-order valence-corrected chi connectivity index (χ4v) is 10.3. The summed E-state index contributed by atoms with van der Waals surface area (Å²) in [5, 5.41) is 22.6. The number of benzene rings is 4. The van der Waals surface area contributed by atoms with Crippen LogP contribution in [0.4, 0.5) is 11.4 Å². The lowest BCUT2D eigenvalue weighted by Crippen LogP contribution is -2.53. The Labute approximate surface area is 258 Å². The van der Waals surface area contributed by atoms with Gasteiger partial charge in [-0.15, -0.1) is 0 Å². The molecule has 0 aliphatic carbocycles. The van der Waals surface area contributed by atoms with E-state index in [0.29, 0.717) is 0 Å². The van der Waals surface area contributed by atoms with E-state index in [4.69, 9.17) is 0 Å². The van der Waals surface area contributed by atoms with Crippen molar-refractivity contribution in [1.82, 2.24) is 0 Å². The largest absolute Gasteiger partial charge is 0.371 e. The van der Waals surface area contributed by atoms with E-state index >= 15 is 0 Å². The van der Waals surface area contributed by atoms with Crippen molar-refractivity contribution in [2.75, 3.05) is 37.0 Å². The van der Waals surface area contributed by atoms with Gasteiger partial charge in [0.15, 0.2) is 29.2 Å². The minimum atomic E-state index is -4.03. The molecule has 8 nitrogen and oxygen atoms in total. The maximum atomic E-state index is 13.9. The van der Waals surface area contributed by atoms with Crippen LogP contribution in [0.1, 0.15) is 22.3 Å². The summed E-state index contributed by atoms with van der Waals surface area (Å²) in [5.74, 6) is 0. The standard InChI is InChI=1S/C34H32N4O4S2/c1-23-5-13-28(14-6-23)43(39,40)33(19-35)17-26-11-9-25-10-12-27-18-34(20-36,44(41,42)29-15-7-24(2)8-16-29)22-38(4)32(27)30(25)31(26)37(3)21-33/h5-16H,17-18,21-22H2,1-4H3. The van der Waals surface area contributed by atoms with Crippen LogP contribution in [0, 0.1) is 36.5 Å². The predicted octanol–water partition coefficient (Wildman–Crippen LogP) is 4.91. The van der Waals surface area contributed by atoms with E-state index in [1.54, 1.807) is 62.6 Å². The summed E-state index contributed by atoms with van der Waals surface area (Å²) in [6.45, 7) is 3.68. The molecule has 0 saturated carbocycles. The van der Waals surface area contributed by atoms with Crippen molar-refractivity contribution in [3.8, 4) is 12.1 Å². The monoisotopic (exact) mass is 624 g/mol. The van der Waals surface area contributed by atoms with Crippen LogP contribution < -0.4 is 9.80 Å². The maximum absolute atomic E-state index is 13.9. The Hall–Kier alpha value is -4.38. The number of aryl methyl sites for hydroxylation is 2. The minimum Gasteiger partial charge on any atom is -0.371 e. The molecule has 2 aliphatic rings. The number of nitriles is 2. The van der Waals surface area contributed by atoms with E-state index in [9.17, 15) is 27.4 Å². The van der Waals surface area contributed by atoms with E-state index < -0.39 is 29.2 Å². The van der Waals surface area contributed by atoms with Crippen LogP contribution in [0.5, 0.6) is 0 Å². The van der Waals surface area contributed by atoms with Crippen molar-refractivity contribution >= 4 is 41.8 Å². The minimum absolute atomic E-state index is 0.00659. The molecule has 2 aliphatic heterocycles. The molecule has 0 aromatic heterocycles. The zero-order valence-corrected chi connectivity index (χ0v) is 26.6. The summed E-state index contributed by atoms with van der Waals surface area (Å²) in [5.41, 5.74) is 4.90. The first-order valence-corrected chi connectivity index (χ1v) is 17.2. The summed E-state index contributed by atoms with van der Waals surface area (Å²) in [7, 11) is -4.48. The van der Waals surface area contributed by atoms with Gasteiger partial charge in [-0.1, -0.05) is 59.7 Å². The first-order valence-electron chi connectivity index (χ1n) is 14.2. The molecular formula is C34H32N4O4S2. The molecule has 0 N–H and O–H groups in total. The Balaban J connectivity index is 1.49. The van der Waals surface area contributed by atoms with Crippen LogP contribution in [0.2, 0.25) is 0 Å². The van der Waals surface area contributed by atoms with Gasteiger partial charge in [0.25, 0.3) is 0 Å². The number of hydrogen-bond acceptors (Lipinski definition) is 8. The van der Waals surface area contributed by atoms with Gasteiger partial charge in [-0.2, -0.15) is 10.5 Å². The van der Waals surface area contributed by atoms with E-state index in [1.807, 2.05) is 47.9 Å². The third kappa shape index (κ3) is 4.20. The van der Waals surface area contributed by atoms with Crippen molar-refractivity contribution < 1.29 is 16.8 Å². The first kappa shape index (κ1) is 29.7. The van der Waals surface area contributed by atoms with Gasteiger partial charge in [0, 0.05) is 43.7 Å². The van der Waals surface area contributed by atoms with E-state index in [1.165, 1.54) is 0 Å². The molecule has 10 heteroatoms. The molecule has 2 heterocycles. The van der Waals surface area contributed by atoms with Gasteiger partial charge in [-0.05, 0) is 54.6 Å².